The number of benzene rings is 2. The number of halogens is 1. The molecule has 110 valence electrons. The third-order valence-electron chi connectivity index (χ3n) is 5.04. The Morgan fingerprint density at radius 2 is 1.62 bits per heavy atom. The summed E-state index contributed by atoms with van der Waals surface area (Å²) in [5.41, 5.74) is 13.2. The van der Waals surface area contributed by atoms with E-state index in [-0.39, 0.29) is 23.4 Å². The van der Waals surface area contributed by atoms with Gasteiger partial charge in [0.1, 0.15) is 0 Å². The van der Waals surface area contributed by atoms with Crippen molar-refractivity contribution in [2.75, 3.05) is 13.1 Å². The Bertz CT molecular complexity index is 702. The zero-order valence-electron chi connectivity index (χ0n) is 12.4. The molecule has 1 fully saturated rings. The predicted octanol–water partition coefficient (Wildman–Crippen LogP) is 3.17. The van der Waals surface area contributed by atoms with Crippen LogP contribution in [0.4, 0.5) is 0 Å². The molecule has 2 aromatic carbocycles. The number of nitrogens with two attached hydrogens (primary N) is 1. The van der Waals surface area contributed by atoms with Gasteiger partial charge in [0, 0.05) is 18.5 Å². The van der Waals surface area contributed by atoms with Crippen molar-refractivity contribution < 1.29 is 0 Å². The van der Waals surface area contributed by atoms with Crippen LogP contribution in [0.1, 0.15) is 30.5 Å². The highest BCUT2D eigenvalue weighted by molar-refractivity contribution is 5.85. The van der Waals surface area contributed by atoms with Gasteiger partial charge >= 0.3 is 0 Å². The zero-order valence-corrected chi connectivity index (χ0v) is 13.3. The SMILES string of the molecule is CC1(C)c2ccccc2-c2cc(C3(N)CNC3)ccc21.Cl. The van der Waals surface area contributed by atoms with E-state index < -0.39 is 0 Å². The maximum atomic E-state index is 6.44. The molecule has 1 saturated heterocycles. The summed E-state index contributed by atoms with van der Waals surface area (Å²) in [7, 11) is 0. The van der Waals surface area contributed by atoms with Crippen molar-refractivity contribution in [3.05, 3.63) is 59.2 Å². The van der Waals surface area contributed by atoms with Crippen LogP contribution < -0.4 is 11.1 Å². The lowest BCUT2D eigenvalue weighted by atomic mass is 9.80. The molecule has 3 heteroatoms. The Morgan fingerprint density at radius 3 is 2.29 bits per heavy atom. The van der Waals surface area contributed by atoms with Crippen LogP contribution in [0.3, 0.4) is 0 Å². The lowest BCUT2D eigenvalue weighted by molar-refractivity contribution is 0.287. The molecule has 3 N–H and O–H groups in total. The minimum absolute atomic E-state index is 0. The van der Waals surface area contributed by atoms with Crippen LogP contribution in [0, 0.1) is 0 Å². The van der Waals surface area contributed by atoms with Gasteiger partial charge in [-0.1, -0.05) is 50.2 Å². The van der Waals surface area contributed by atoms with Crippen LogP contribution in [0.5, 0.6) is 0 Å². The van der Waals surface area contributed by atoms with E-state index in [1.807, 2.05) is 0 Å². The molecule has 0 unspecified atom stereocenters. The van der Waals surface area contributed by atoms with Gasteiger partial charge in [-0.05, 0) is 33.9 Å². The first-order valence-electron chi connectivity index (χ1n) is 7.27. The second-order valence-electron chi connectivity index (χ2n) is 6.69. The fraction of sp³-hybridized carbons (Fsp3) is 0.333. The Morgan fingerprint density at radius 1 is 0.952 bits per heavy atom. The average molecular weight is 301 g/mol. The molecule has 0 aromatic heterocycles. The molecule has 21 heavy (non-hydrogen) atoms. The molecule has 2 nitrogen and oxygen atoms in total. The Balaban J connectivity index is 0.00000132. The van der Waals surface area contributed by atoms with Gasteiger partial charge in [-0.15, -0.1) is 12.4 Å². The molecule has 1 aliphatic heterocycles. The van der Waals surface area contributed by atoms with Crippen molar-refractivity contribution in [1.82, 2.24) is 5.32 Å². The Kier molecular flexibility index (Phi) is 3.17. The van der Waals surface area contributed by atoms with Crippen molar-refractivity contribution in [3.63, 3.8) is 0 Å². The molecule has 4 rings (SSSR count). The molecule has 2 aliphatic rings. The lowest BCUT2D eigenvalue weighted by Crippen LogP contribution is -2.62. The molecule has 0 amide bonds. The van der Waals surface area contributed by atoms with Crippen LogP contribution >= 0.6 is 12.4 Å². The zero-order chi connectivity index (χ0) is 14.0. The summed E-state index contributed by atoms with van der Waals surface area (Å²) in [6.07, 6.45) is 0. The van der Waals surface area contributed by atoms with E-state index in [1.54, 1.807) is 0 Å². The van der Waals surface area contributed by atoms with Crippen molar-refractivity contribution in [2.45, 2.75) is 24.8 Å². The summed E-state index contributed by atoms with van der Waals surface area (Å²) in [4.78, 5) is 0. The summed E-state index contributed by atoms with van der Waals surface area (Å²) in [5.74, 6) is 0. The standard InChI is InChI=1S/C18H20N2.ClH/c1-17(2)15-6-4-3-5-13(15)14-9-12(7-8-16(14)17)18(19)10-20-11-18;/h3-9,20H,10-11,19H2,1-2H3;1H. The fourth-order valence-corrected chi connectivity index (χ4v) is 3.63. The van der Waals surface area contributed by atoms with Crippen molar-refractivity contribution >= 4 is 12.4 Å². The largest absolute Gasteiger partial charge is 0.319 e. The number of nitrogens with one attached hydrogen (secondary N) is 1. The van der Waals surface area contributed by atoms with Gasteiger partial charge in [0.05, 0.1) is 5.54 Å². The second-order valence-corrected chi connectivity index (χ2v) is 6.69. The first-order valence-corrected chi connectivity index (χ1v) is 7.27. The molecule has 0 saturated carbocycles. The summed E-state index contributed by atoms with van der Waals surface area (Å²) >= 11 is 0. The molecule has 1 aliphatic carbocycles. The highest BCUT2D eigenvalue weighted by Gasteiger charge is 2.38. The number of rotatable bonds is 1. The molecule has 0 spiro atoms. The van der Waals surface area contributed by atoms with E-state index in [0.717, 1.165) is 13.1 Å². The average Bonchev–Trinajstić information content (AvgIpc) is 2.65. The normalized spacial score (nSPS) is 20.0. The molecule has 0 radical (unpaired) electrons. The second kappa shape index (κ2) is 4.57. The van der Waals surface area contributed by atoms with Gasteiger partial charge in [0.15, 0.2) is 0 Å². The van der Waals surface area contributed by atoms with E-state index in [2.05, 4.69) is 61.6 Å². The Hall–Kier alpha value is -1.35. The highest BCUT2D eigenvalue weighted by atomic mass is 35.5. The lowest BCUT2D eigenvalue weighted by Gasteiger charge is -2.40. The molecular formula is C18H21ClN2. The number of hydrogen-bond acceptors (Lipinski definition) is 2. The molecule has 2 aromatic rings. The highest BCUT2D eigenvalue weighted by Crippen LogP contribution is 2.49. The number of fused-ring (bicyclic) bond motifs is 3. The first kappa shape index (κ1) is 14.6. The maximum Gasteiger partial charge on any atom is 0.0662 e. The van der Waals surface area contributed by atoms with E-state index >= 15 is 0 Å². The summed E-state index contributed by atoms with van der Waals surface area (Å²) in [5, 5.41) is 3.28. The maximum absolute atomic E-state index is 6.44. The van der Waals surface area contributed by atoms with Crippen LogP contribution in [-0.4, -0.2) is 13.1 Å². The Labute approximate surface area is 132 Å². The monoisotopic (exact) mass is 300 g/mol. The van der Waals surface area contributed by atoms with Crippen LogP contribution in [0.25, 0.3) is 11.1 Å². The van der Waals surface area contributed by atoms with Gasteiger partial charge in [-0.25, -0.2) is 0 Å². The molecular weight excluding hydrogens is 280 g/mol. The molecule has 1 heterocycles. The van der Waals surface area contributed by atoms with Crippen LogP contribution in [0.2, 0.25) is 0 Å². The van der Waals surface area contributed by atoms with E-state index in [0.29, 0.717) is 0 Å². The van der Waals surface area contributed by atoms with Gasteiger partial charge in [-0.2, -0.15) is 0 Å². The summed E-state index contributed by atoms with van der Waals surface area (Å²) < 4.78 is 0. The smallest absolute Gasteiger partial charge is 0.0662 e. The van der Waals surface area contributed by atoms with Gasteiger partial charge in [0.2, 0.25) is 0 Å². The minimum atomic E-state index is -0.184. The van der Waals surface area contributed by atoms with Crippen LogP contribution in [-0.2, 0) is 11.0 Å². The first-order chi connectivity index (χ1) is 9.52. The van der Waals surface area contributed by atoms with E-state index in [1.165, 1.54) is 27.8 Å². The molecule has 0 bridgehead atoms. The van der Waals surface area contributed by atoms with Crippen molar-refractivity contribution in [2.24, 2.45) is 5.73 Å². The van der Waals surface area contributed by atoms with Crippen molar-refractivity contribution in [1.29, 1.82) is 0 Å². The molecule has 0 atom stereocenters. The topological polar surface area (TPSA) is 38.0 Å². The van der Waals surface area contributed by atoms with Gasteiger partial charge in [0.25, 0.3) is 0 Å². The minimum Gasteiger partial charge on any atom is -0.319 e. The summed E-state index contributed by atoms with van der Waals surface area (Å²) in [6, 6.07) is 15.5. The van der Waals surface area contributed by atoms with Gasteiger partial charge in [-0.3, -0.25) is 0 Å². The number of hydrogen-bond donors (Lipinski definition) is 2. The van der Waals surface area contributed by atoms with Crippen LogP contribution in [0.15, 0.2) is 42.5 Å². The quantitative estimate of drug-likeness (QED) is 0.849. The van der Waals surface area contributed by atoms with E-state index in [9.17, 15) is 0 Å². The van der Waals surface area contributed by atoms with Crippen molar-refractivity contribution in [3.8, 4) is 11.1 Å². The fourth-order valence-electron chi connectivity index (χ4n) is 3.63. The van der Waals surface area contributed by atoms with Gasteiger partial charge < -0.3 is 11.1 Å². The summed E-state index contributed by atoms with van der Waals surface area (Å²) in [6.45, 7) is 6.36. The third kappa shape index (κ3) is 1.87. The third-order valence-corrected chi connectivity index (χ3v) is 5.04. The predicted molar refractivity (Wildman–Crippen MR) is 90.0 cm³/mol. The van der Waals surface area contributed by atoms with E-state index in [4.69, 9.17) is 5.73 Å².